The number of carbonyl (C=O) groups excluding carboxylic acids is 2. The largest absolute Gasteiger partial charge is 0.390 e. The van der Waals surface area contributed by atoms with Crippen molar-refractivity contribution in [2.24, 2.45) is 5.92 Å². The molecule has 0 bridgehead atoms. The summed E-state index contributed by atoms with van der Waals surface area (Å²) in [6.45, 7) is -0.805. The van der Waals surface area contributed by atoms with Crippen molar-refractivity contribution in [1.29, 1.82) is 0 Å². The third-order valence-corrected chi connectivity index (χ3v) is 7.85. The minimum atomic E-state index is -4.96. The Morgan fingerprint density at radius 3 is 2.39 bits per heavy atom. The molecule has 17 heteroatoms. The lowest BCUT2D eigenvalue weighted by Crippen LogP contribution is -2.39. The van der Waals surface area contributed by atoms with Crippen molar-refractivity contribution >= 4 is 22.8 Å². The molecular formula is C27H28F8N6O3. The van der Waals surface area contributed by atoms with Gasteiger partial charge in [-0.15, -0.1) is 0 Å². The number of hydrogen-bond donors (Lipinski definition) is 3. The third kappa shape index (κ3) is 7.29. The van der Waals surface area contributed by atoms with E-state index in [-0.39, 0.29) is 35.8 Å². The van der Waals surface area contributed by atoms with Crippen molar-refractivity contribution in [3.8, 4) is 0 Å². The smallest absolute Gasteiger partial charge is 0.350 e. The summed E-state index contributed by atoms with van der Waals surface area (Å²) in [6, 6.07) is 1.01. The number of nitrogens with zero attached hydrogens (tertiary/aromatic N) is 3. The Balaban J connectivity index is 1.49. The van der Waals surface area contributed by atoms with Gasteiger partial charge in [0.1, 0.15) is 17.0 Å². The highest BCUT2D eigenvalue weighted by Crippen LogP contribution is 2.43. The highest BCUT2D eigenvalue weighted by Gasteiger charge is 2.42. The Bertz CT molecular complexity index is 1520. The fourth-order valence-electron chi connectivity index (χ4n) is 5.43. The number of amides is 2. The van der Waals surface area contributed by atoms with E-state index >= 15 is 4.39 Å². The molecule has 3 N–H and O–H groups in total. The topological polar surface area (TPSA) is 126 Å². The van der Waals surface area contributed by atoms with E-state index in [1.54, 1.807) is 5.32 Å². The van der Waals surface area contributed by atoms with Crippen molar-refractivity contribution in [2.45, 2.75) is 87.8 Å². The van der Waals surface area contributed by atoms with Gasteiger partial charge < -0.3 is 15.6 Å². The molecule has 2 fully saturated rings. The second kappa shape index (κ2) is 11.6. The zero-order valence-corrected chi connectivity index (χ0v) is 23.2. The van der Waals surface area contributed by atoms with Crippen LogP contribution in [-0.4, -0.2) is 56.7 Å². The number of rotatable bonds is 10. The van der Waals surface area contributed by atoms with E-state index in [4.69, 9.17) is 4.63 Å². The molecule has 0 saturated heterocycles. The maximum Gasteiger partial charge on any atom is 0.390 e. The molecule has 2 heterocycles. The molecule has 2 saturated carbocycles. The quantitative estimate of drug-likeness (QED) is 0.232. The highest BCUT2D eigenvalue weighted by molar-refractivity contribution is 5.93. The molecule has 240 valence electrons. The summed E-state index contributed by atoms with van der Waals surface area (Å²) in [7, 11) is 0. The first kappa shape index (κ1) is 31.6. The molecule has 2 amide bonds. The molecular weight excluding hydrogens is 608 g/mol. The number of fused-ring (bicyclic) bond motifs is 1. The van der Waals surface area contributed by atoms with Gasteiger partial charge in [0.05, 0.1) is 30.4 Å². The van der Waals surface area contributed by atoms with Gasteiger partial charge in [-0.25, -0.2) is 31.6 Å². The molecule has 44 heavy (non-hydrogen) atoms. The van der Waals surface area contributed by atoms with E-state index < -0.39 is 90.4 Å². The molecule has 2 aromatic heterocycles. The average molecular weight is 637 g/mol. The van der Waals surface area contributed by atoms with Gasteiger partial charge in [-0.05, 0) is 42.8 Å². The maximum absolute atomic E-state index is 15.8. The number of aromatic nitrogens is 4. The lowest BCUT2D eigenvalue weighted by molar-refractivity contribution is -0.148. The molecule has 2 aliphatic rings. The lowest BCUT2D eigenvalue weighted by atomic mass is 9.81. The van der Waals surface area contributed by atoms with Crippen molar-refractivity contribution < 1.29 is 49.3 Å². The Hall–Kier alpha value is -3.79. The summed E-state index contributed by atoms with van der Waals surface area (Å²) in [5.74, 6) is -12.7. The Morgan fingerprint density at radius 2 is 1.77 bits per heavy atom. The van der Waals surface area contributed by atoms with Crippen molar-refractivity contribution in [3.63, 3.8) is 0 Å². The van der Waals surface area contributed by atoms with Crippen LogP contribution in [0.3, 0.4) is 0 Å². The van der Waals surface area contributed by atoms with E-state index in [0.29, 0.717) is 12.6 Å². The van der Waals surface area contributed by atoms with E-state index in [1.165, 1.54) is 0 Å². The van der Waals surface area contributed by atoms with Gasteiger partial charge in [0.15, 0.2) is 11.5 Å². The summed E-state index contributed by atoms with van der Waals surface area (Å²) in [5.41, 5.74) is -0.992. The van der Waals surface area contributed by atoms with Crippen LogP contribution < -0.4 is 10.6 Å². The van der Waals surface area contributed by atoms with Crippen LogP contribution in [0, 0.1) is 11.7 Å². The predicted molar refractivity (Wildman–Crippen MR) is 136 cm³/mol. The zero-order valence-electron chi connectivity index (χ0n) is 23.2. The summed E-state index contributed by atoms with van der Waals surface area (Å²) in [6.07, 6.45) is -6.28. The van der Waals surface area contributed by atoms with Crippen molar-refractivity contribution in [1.82, 2.24) is 30.9 Å². The van der Waals surface area contributed by atoms with Gasteiger partial charge in [-0.2, -0.15) is 13.2 Å². The van der Waals surface area contributed by atoms with E-state index in [0.717, 1.165) is 25.0 Å². The van der Waals surface area contributed by atoms with Gasteiger partial charge in [-0.3, -0.25) is 9.59 Å². The first-order valence-electron chi connectivity index (χ1n) is 13.9. The van der Waals surface area contributed by atoms with E-state index in [2.05, 4.69) is 25.6 Å². The number of imidazole rings is 1. The molecule has 0 aliphatic heterocycles. The molecule has 1 aromatic carbocycles. The van der Waals surface area contributed by atoms with Gasteiger partial charge in [0.2, 0.25) is 11.8 Å². The van der Waals surface area contributed by atoms with E-state index in [9.17, 15) is 40.3 Å². The Labute approximate surface area is 244 Å². The minimum absolute atomic E-state index is 0.0158. The maximum atomic E-state index is 15.8. The lowest BCUT2D eigenvalue weighted by Gasteiger charge is -2.33. The van der Waals surface area contributed by atoms with Crippen LogP contribution in [-0.2, 0) is 4.79 Å². The molecule has 2 aliphatic carbocycles. The average Bonchev–Trinajstić information content (AvgIpc) is 3.47. The van der Waals surface area contributed by atoms with Gasteiger partial charge >= 0.3 is 6.18 Å². The SMILES string of the molecule is CC(F)(F)CNC(=O)C(CC(F)(F)F)c1ccc2[nH]c(C(NC(=O)c3nonc3C3CC3)C3CCC(F)(F)CC3)nc2c1F. The van der Waals surface area contributed by atoms with E-state index in [1.807, 2.05) is 0 Å². The Kier molecular flexibility index (Phi) is 8.35. The number of aromatic amines is 1. The first-order chi connectivity index (χ1) is 20.5. The standard InChI is InChI=1S/C27H28F8N6O3/c1-25(29,30)11-36-23(42)15(10-27(33,34)35)14-4-5-16-20(17(14)28)38-22(37-16)19(13-6-8-26(31,32)9-7-13)39-24(43)21-18(12-2-3-12)40-44-41-21/h4-5,12-13,15,19H,2-3,6-11H2,1H3,(H,36,42)(H,37,38)(H,39,43). The van der Waals surface area contributed by atoms with Crippen LogP contribution in [0.4, 0.5) is 35.1 Å². The normalized spacial score (nSPS) is 19.1. The zero-order chi connectivity index (χ0) is 32.0. The number of nitrogens with one attached hydrogen (secondary N) is 3. The van der Waals surface area contributed by atoms with Crippen LogP contribution in [0.5, 0.6) is 0 Å². The fraction of sp³-hybridized carbons (Fsp3) is 0.593. The third-order valence-electron chi connectivity index (χ3n) is 7.85. The minimum Gasteiger partial charge on any atom is -0.350 e. The highest BCUT2D eigenvalue weighted by atomic mass is 19.4. The summed E-state index contributed by atoms with van der Waals surface area (Å²) in [4.78, 5) is 32.8. The molecule has 9 nitrogen and oxygen atoms in total. The summed E-state index contributed by atoms with van der Waals surface area (Å²) >= 11 is 0. The van der Waals surface area contributed by atoms with Crippen molar-refractivity contribution in [2.75, 3.05) is 6.54 Å². The van der Waals surface area contributed by atoms with Crippen LogP contribution >= 0.6 is 0 Å². The number of alkyl halides is 7. The fourth-order valence-corrected chi connectivity index (χ4v) is 5.43. The molecule has 2 atom stereocenters. The van der Waals surface area contributed by atoms with Crippen LogP contribution in [0.15, 0.2) is 16.8 Å². The van der Waals surface area contributed by atoms with Gasteiger partial charge in [0, 0.05) is 31.2 Å². The molecule has 2 unspecified atom stereocenters. The molecule has 0 radical (unpaired) electrons. The van der Waals surface area contributed by atoms with Gasteiger partial charge in [-0.1, -0.05) is 11.2 Å². The molecule has 0 spiro atoms. The number of halogens is 8. The Morgan fingerprint density at radius 1 is 1.09 bits per heavy atom. The first-order valence-corrected chi connectivity index (χ1v) is 13.9. The second-order valence-electron chi connectivity index (χ2n) is 11.6. The second-order valence-corrected chi connectivity index (χ2v) is 11.6. The number of H-pyrrole nitrogens is 1. The summed E-state index contributed by atoms with van der Waals surface area (Å²) in [5, 5.41) is 11.9. The number of carbonyl (C=O) groups is 2. The summed E-state index contributed by atoms with van der Waals surface area (Å²) < 4.78 is 115. The van der Waals surface area contributed by atoms with Crippen LogP contribution in [0.25, 0.3) is 11.0 Å². The number of benzene rings is 1. The van der Waals surface area contributed by atoms with Crippen molar-refractivity contribution in [3.05, 3.63) is 40.7 Å². The van der Waals surface area contributed by atoms with Crippen LogP contribution in [0.1, 0.15) is 97.3 Å². The van der Waals surface area contributed by atoms with Gasteiger partial charge in [0.25, 0.3) is 11.8 Å². The molecule has 3 aromatic rings. The molecule has 5 rings (SSSR count). The monoisotopic (exact) mass is 636 g/mol. The van der Waals surface area contributed by atoms with Crippen LogP contribution in [0.2, 0.25) is 0 Å². The number of hydrogen-bond acceptors (Lipinski definition) is 6. The predicted octanol–water partition coefficient (Wildman–Crippen LogP) is 6.07.